The fourth-order valence-electron chi connectivity index (χ4n) is 3.41. The number of nitrogens with one attached hydrogen (secondary N) is 1. The number of amides is 1. The number of carbonyl (C=O) groups is 2. The van der Waals surface area contributed by atoms with Crippen LogP contribution in [-0.2, 0) is 9.53 Å². The molecule has 1 N–H and O–H groups in total. The summed E-state index contributed by atoms with van der Waals surface area (Å²) in [7, 11) is 2.93. The number of ether oxygens (including phenoxy) is 3. The molecule has 1 aliphatic carbocycles. The van der Waals surface area contributed by atoms with Crippen LogP contribution >= 0.6 is 0 Å². The molecule has 0 aromatic heterocycles. The third kappa shape index (κ3) is 4.48. The lowest BCUT2D eigenvalue weighted by molar-refractivity contribution is -0.130. The van der Waals surface area contributed by atoms with Gasteiger partial charge in [-0.2, -0.15) is 0 Å². The van der Waals surface area contributed by atoms with E-state index < -0.39 is 12.1 Å². The van der Waals surface area contributed by atoms with Crippen LogP contribution in [-0.4, -0.2) is 38.2 Å². The van der Waals surface area contributed by atoms with Gasteiger partial charge in [0.2, 0.25) is 0 Å². The number of hydrogen-bond acceptors (Lipinski definition) is 5. The Bertz CT molecular complexity index is 623. The lowest BCUT2D eigenvalue weighted by Gasteiger charge is -2.35. The van der Waals surface area contributed by atoms with Gasteiger partial charge < -0.3 is 19.5 Å². The monoisotopic (exact) mass is 363 g/mol. The molecule has 0 aliphatic heterocycles. The minimum Gasteiger partial charge on any atom is -0.496 e. The summed E-state index contributed by atoms with van der Waals surface area (Å²) in [6.07, 6.45) is 2.34. The van der Waals surface area contributed by atoms with E-state index in [2.05, 4.69) is 19.2 Å². The molecule has 6 heteroatoms. The van der Waals surface area contributed by atoms with Crippen molar-refractivity contribution in [2.24, 2.45) is 11.8 Å². The maximum Gasteiger partial charge on any atom is 0.346 e. The number of rotatable bonds is 6. The van der Waals surface area contributed by atoms with Crippen molar-refractivity contribution in [3.8, 4) is 11.5 Å². The molecule has 0 radical (unpaired) electrons. The number of esters is 1. The minimum atomic E-state index is -0.901. The summed E-state index contributed by atoms with van der Waals surface area (Å²) in [6, 6.07) is 5.13. The molecule has 1 aliphatic rings. The molecule has 1 amide bonds. The van der Waals surface area contributed by atoms with Gasteiger partial charge in [0.05, 0.1) is 14.2 Å². The standard InChI is InChI=1S/C20H29NO5/c1-12-8-6-9-15(13(12)2)21-19(22)14(3)26-20(23)18-16(24-4)10-7-11-17(18)25-5/h7,10-15H,6,8-9H2,1-5H3,(H,21,22)/t12-,13+,14+,15+/m0/s1. The molecule has 26 heavy (non-hydrogen) atoms. The molecular weight excluding hydrogens is 334 g/mol. The van der Waals surface area contributed by atoms with Gasteiger partial charge in [0, 0.05) is 6.04 Å². The second kappa shape index (κ2) is 8.92. The van der Waals surface area contributed by atoms with Crippen LogP contribution in [0.1, 0.15) is 50.4 Å². The highest BCUT2D eigenvalue weighted by atomic mass is 16.6. The van der Waals surface area contributed by atoms with Crippen LogP contribution in [0.2, 0.25) is 0 Å². The van der Waals surface area contributed by atoms with E-state index in [1.54, 1.807) is 25.1 Å². The fraction of sp³-hybridized carbons (Fsp3) is 0.600. The molecule has 0 saturated heterocycles. The molecule has 0 spiro atoms. The van der Waals surface area contributed by atoms with E-state index in [0.29, 0.717) is 23.3 Å². The van der Waals surface area contributed by atoms with Crippen molar-refractivity contribution in [3.05, 3.63) is 23.8 Å². The van der Waals surface area contributed by atoms with Gasteiger partial charge in [0.15, 0.2) is 6.10 Å². The summed E-state index contributed by atoms with van der Waals surface area (Å²) in [5, 5.41) is 3.03. The summed E-state index contributed by atoms with van der Waals surface area (Å²) in [5.41, 5.74) is 0.178. The van der Waals surface area contributed by atoms with E-state index in [9.17, 15) is 9.59 Å². The quantitative estimate of drug-likeness (QED) is 0.786. The second-order valence-corrected chi connectivity index (χ2v) is 6.97. The molecule has 0 bridgehead atoms. The molecule has 144 valence electrons. The molecule has 1 aromatic rings. The second-order valence-electron chi connectivity index (χ2n) is 6.97. The number of methoxy groups -OCH3 is 2. The minimum absolute atomic E-state index is 0.119. The first-order valence-corrected chi connectivity index (χ1v) is 9.11. The zero-order valence-corrected chi connectivity index (χ0v) is 16.2. The molecule has 0 heterocycles. The van der Waals surface area contributed by atoms with E-state index >= 15 is 0 Å². The third-order valence-corrected chi connectivity index (χ3v) is 5.32. The van der Waals surface area contributed by atoms with E-state index in [0.717, 1.165) is 12.8 Å². The van der Waals surface area contributed by atoms with Crippen molar-refractivity contribution in [2.45, 2.75) is 52.2 Å². The molecule has 4 atom stereocenters. The topological polar surface area (TPSA) is 73.9 Å². The highest BCUT2D eigenvalue weighted by Gasteiger charge is 2.31. The smallest absolute Gasteiger partial charge is 0.346 e. The Kier molecular flexibility index (Phi) is 6.89. The summed E-state index contributed by atoms with van der Waals surface area (Å²) in [6.45, 7) is 5.94. The average molecular weight is 363 g/mol. The zero-order chi connectivity index (χ0) is 19.3. The molecular formula is C20H29NO5. The molecule has 0 unspecified atom stereocenters. The van der Waals surface area contributed by atoms with Crippen LogP contribution in [0.25, 0.3) is 0 Å². The normalized spacial score (nSPS) is 23.7. The SMILES string of the molecule is COc1cccc(OC)c1C(=O)O[C@H](C)C(=O)N[C@@H]1CCC[C@H](C)[C@H]1C. The van der Waals surface area contributed by atoms with Crippen LogP contribution in [0, 0.1) is 11.8 Å². The van der Waals surface area contributed by atoms with Crippen molar-refractivity contribution < 1.29 is 23.8 Å². The average Bonchev–Trinajstić information content (AvgIpc) is 2.64. The Hall–Kier alpha value is -2.24. The first kappa shape index (κ1) is 20.1. The van der Waals surface area contributed by atoms with Crippen molar-refractivity contribution in [3.63, 3.8) is 0 Å². The number of carbonyl (C=O) groups excluding carboxylic acids is 2. The van der Waals surface area contributed by atoms with E-state index in [1.165, 1.54) is 20.6 Å². The van der Waals surface area contributed by atoms with Crippen LogP contribution in [0.3, 0.4) is 0 Å². The third-order valence-electron chi connectivity index (χ3n) is 5.32. The van der Waals surface area contributed by atoms with Crippen LogP contribution < -0.4 is 14.8 Å². The van der Waals surface area contributed by atoms with Crippen LogP contribution in [0.15, 0.2) is 18.2 Å². The predicted octanol–water partition coefficient (Wildman–Crippen LogP) is 3.19. The Morgan fingerprint density at radius 2 is 1.73 bits per heavy atom. The van der Waals surface area contributed by atoms with Crippen molar-refractivity contribution in [1.82, 2.24) is 5.32 Å². The van der Waals surface area contributed by atoms with Crippen molar-refractivity contribution in [1.29, 1.82) is 0 Å². The van der Waals surface area contributed by atoms with Crippen LogP contribution in [0.5, 0.6) is 11.5 Å². The maximum absolute atomic E-state index is 12.6. The predicted molar refractivity (Wildman–Crippen MR) is 98.5 cm³/mol. The number of hydrogen-bond donors (Lipinski definition) is 1. The largest absolute Gasteiger partial charge is 0.496 e. The number of benzene rings is 1. The Morgan fingerprint density at radius 1 is 1.12 bits per heavy atom. The highest BCUT2D eigenvalue weighted by Crippen LogP contribution is 2.30. The summed E-state index contributed by atoms with van der Waals surface area (Å²) < 4.78 is 15.8. The summed E-state index contributed by atoms with van der Waals surface area (Å²) >= 11 is 0. The van der Waals surface area contributed by atoms with Gasteiger partial charge in [0.1, 0.15) is 17.1 Å². The van der Waals surface area contributed by atoms with Gasteiger partial charge in [0.25, 0.3) is 5.91 Å². The Morgan fingerprint density at radius 3 is 2.31 bits per heavy atom. The summed E-state index contributed by atoms with van der Waals surface area (Å²) in [4.78, 5) is 25.1. The van der Waals surface area contributed by atoms with E-state index in [-0.39, 0.29) is 17.5 Å². The van der Waals surface area contributed by atoms with Gasteiger partial charge in [-0.3, -0.25) is 4.79 Å². The maximum atomic E-state index is 12.6. The highest BCUT2D eigenvalue weighted by molar-refractivity contribution is 5.97. The van der Waals surface area contributed by atoms with Crippen molar-refractivity contribution >= 4 is 11.9 Å². The van der Waals surface area contributed by atoms with Gasteiger partial charge >= 0.3 is 5.97 Å². The van der Waals surface area contributed by atoms with Crippen LogP contribution in [0.4, 0.5) is 0 Å². The molecule has 6 nitrogen and oxygen atoms in total. The first-order valence-electron chi connectivity index (χ1n) is 9.11. The van der Waals surface area contributed by atoms with Gasteiger partial charge in [-0.05, 0) is 37.3 Å². The summed E-state index contributed by atoms with van der Waals surface area (Å²) in [5.74, 6) is 0.744. The lowest BCUT2D eigenvalue weighted by atomic mass is 9.78. The van der Waals surface area contributed by atoms with E-state index in [4.69, 9.17) is 14.2 Å². The molecule has 1 fully saturated rings. The molecule has 1 saturated carbocycles. The van der Waals surface area contributed by atoms with Crippen molar-refractivity contribution in [2.75, 3.05) is 14.2 Å². The van der Waals surface area contributed by atoms with E-state index in [1.807, 2.05) is 0 Å². The van der Waals surface area contributed by atoms with Gasteiger partial charge in [-0.15, -0.1) is 0 Å². The Balaban J connectivity index is 2.04. The molecule has 1 aromatic carbocycles. The first-order chi connectivity index (χ1) is 12.4. The van der Waals surface area contributed by atoms with Gasteiger partial charge in [-0.25, -0.2) is 4.79 Å². The molecule has 2 rings (SSSR count). The van der Waals surface area contributed by atoms with Gasteiger partial charge in [-0.1, -0.05) is 32.8 Å². The zero-order valence-electron chi connectivity index (χ0n) is 16.2. The fourth-order valence-corrected chi connectivity index (χ4v) is 3.41. The Labute approximate surface area is 155 Å². The lowest BCUT2D eigenvalue weighted by Crippen LogP contribution is -2.47.